The van der Waals surface area contributed by atoms with Gasteiger partial charge >= 0.3 is 11.9 Å². The Bertz CT molecular complexity index is 209. The van der Waals surface area contributed by atoms with Crippen LogP contribution in [0.4, 0.5) is 0 Å². The minimum absolute atomic E-state index is 0.0571. The highest BCUT2D eigenvalue weighted by Crippen LogP contribution is 1.82. The van der Waals surface area contributed by atoms with E-state index in [4.69, 9.17) is 0 Å². The molecule has 66 valence electrons. The van der Waals surface area contributed by atoms with Crippen molar-refractivity contribution >= 4 is 22.4 Å². The van der Waals surface area contributed by atoms with Crippen molar-refractivity contribution in [2.24, 2.45) is 0 Å². The predicted molar refractivity (Wildman–Crippen MR) is 46.3 cm³/mol. The maximum atomic E-state index is 10.5. The van der Waals surface area contributed by atoms with Gasteiger partial charge in [0.05, 0.1) is 0 Å². The summed E-state index contributed by atoms with van der Waals surface area (Å²) in [5, 5.41) is 0. The van der Waals surface area contributed by atoms with Crippen molar-refractivity contribution in [1.82, 2.24) is 0 Å². The Morgan fingerprint density at radius 1 is 1.42 bits per heavy atom. The molecule has 0 fully saturated rings. The maximum absolute atomic E-state index is 10.5. The first-order valence-electron chi connectivity index (χ1n) is 3.24. The molecule has 0 aliphatic heterocycles. The van der Waals surface area contributed by atoms with E-state index in [-0.39, 0.29) is 6.61 Å². The Kier molecular flexibility index (Phi) is 5.63. The van der Waals surface area contributed by atoms with E-state index in [1.807, 2.05) is 0 Å². The summed E-state index contributed by atoms with van der Waals surface area (Å²) in [6.07, 6.45) is 3.67. The molecule has 5 heteroatoms. The molecular formula is C7H10O4Si. The second-order valence-corrected chi connectivity index (χ2v) is 2.17. The molecule has 0 aliphatic rings. The molecule has 12 heavy (non-hydrogen) atoms. The molecule has 0 atom stereocenters. The van der Waals surface area contributed by atoms with Crippen LogP contribution in [0.1, 0.15) is 0 Å². The molecule has 0 amide bonds. The molecule has 0 rings (SSSR count). The molecule has 0 aromatic heterocycles. The summed E-state index contributed by atoms with van der Waals surface area (Å²) in [6, 6.07) is 0. The Labute approximate surface area is 73.4 Å². The quantitative estimate of drug-likeness (QED) is 0.324. The number of rotatable bonds is 4. The van der Waals surface area contributed by atoms with E-state index in [0.717, 1.165) is 6.08 Å². The van der Waals surface area contributed by atoms with Crippen LogP contribution in [-0.2, 0) is 18.8 Å². The SMILES string of the molecule is C=CC(=O)OCC=CC(=O)O[SiH3]. The number of carbonyl (C=O) groups excluding carboxylic acids is 2. The van der Waals surface area contributed by atoms with Gasteiger partial charge in [0.2, 0.25) is 10.5 Å². The van der Waals surface area contributed by atoms with E-state index in [1.54, 1.807) is 0 Å². The zero-order valence-electron chi connectivity index (χ0n) is 6.78. The van der Waals surface area contributed by atoms with Gasteiger partial charge in [-0.3, -0.25) is 0 Å². The zero-order chi connectivity index (χ0) is 9.40. The highest BCUT2D eigenvalue weighted by atomic mass is 28.2. The van der Waals surface area contributed by atoms with E-state index in [0.29, 0.717) is 10.5 Å². The number of ether oxygens (including phenoxy) is 1. The van der Waals surface area contributed by atoms with Crippen LogP contribution in [0.2, 0.25) is 0 Å². The van der Waals surface area contributed by atoms with Gasteiger partial charge in [0.15, 0.2) is 0 Å². The minimum atomic E-state index is -0.515. The smallest absolute Gasteiger partial charge is 0.330 e. The molecule has 0 aromatic carbocycles. The van der Waals surface area contributed by atoms with Crippen molar-refractivity contribution < 1.29 is 18.8 Å². The van der Waals surface area contributed by atoms with Gasteiger partial charge in [0, 0.05) is 12.2 Å². The zero-order valence-corrected chi connectivity index (χ0v) is 8.78. The predicted octanol–water partition coefficient (Wildman–Crippen LogP) is -0.905. The summed E-state index contributed by atoms with van der Waals surface area (Å²) in [4.78, 5) is 20.9. The third-order valence-electron chi connectivity index (χ3n) is 0.944. The summed E-state index contributed by atoms with van der Waals surface area (Å²) in [6.45, 7) is 3.26. The largest absolute Gasteiger partial charge is 0.526 e. The third kappa shape index (κ3) is 5.42. The van der Waals surface area contributed by atoms with Crippen LogP contribution in [-0.4, -0.2) is 29.0 Å². The van der Waals surface area contributed by atoms with E-state index >= 15 is 0 Å². The normalized spacial score (nSPS) is 9.67. The summed E-state index contributed by atoms with van der Waals surface area (Å²) in [5.74, 6) is -0.935. The van der Waals surface area contributed by atoms with Crippen LogP contribution < -0.4 is 0 Å². The van der Waals surface area contributed by atoms with Crippen LogP contribution in [0, 0.1) is 0 Å². The molecule has 4 nitrogen and oxygen atoms in total. The Balaban J connectivity index is 3.55. The van der Waals surface area contributed by atoms with Crippen LogP contribution in [0.5, 0.6) is 0 Å². The Morgan fingerprint density at radius 3 is 2.58 bits per heavy atom. The van der Waals surface area contributed by atoms with Crippen molar-refractivity contribution in [2.75, 3.05) is 6.61 Å². The highest BCUT2D eigenvalue weighted by molar-refractivity contribution is 6.07. The second kappa shape index (κ2) is 6.35. The molecule has 0 spiro atoms. The van der Waals surface area contributed by atoms with Gasteiger partial charge in [-0.2, -0.15) is 0 Å². The van der Waals surface area contributed by atoms with Crippen LogP contribution >= 0.6 is 0 Å². The van der Waals surface area contributed by atoms with Crippen molar-refractivity contribution in [2.45, 2.75) is 0 Å². The molecule has 0 heterocycles. The fraction of sp³-hybridized carbons (Fsp3) is 0.143. The van der Waals surface area contributed by atoms with Gasteiger partial charge in [-0.15, -0.1) is 0 Å². The van der Waals surface area contributed by atoms with Gasteiger partial charge in [-0.05, 0) is 6.08 Å². The molecule has 0 unspecified atom stereocenters. The van der Waals surface area contributed by atoms with Crippen molar-refractivity contribution in [3.05, 3.63) is 24.8 Å². The lowest BCUT2D eigenvalue weighted by Crippen LogP contribution is -2.01. The fourth-order valence-electron chi connectivity index (χ4n) is 0.402. The van der Waals surface area contributed by atoms with E-state index < -0.39 is 11.9 Å². The van der Waals surface area contributed by atoms with E-state index in [9.17, 15) is 9.59 Å². The molecule has 0 aromatic rings. The van der Waals surface area contributed by atoms with Crippen molar-refractivity contribution in [3.63, 3.8) is 0 Å². The van der Waals surface area contributed by atoms with Crippen LogP contribution in [0.3, 0.4) is 0 Å². The minimum Gasteiger partial charge on any atom is -0.526 e. The Morgan fingerprint density at radius 2 is 2.08 bits per heavy atom. The molecule has 0 radical (unpaired) electrons. The molecule has 0 saturated carbocycles. The van der Waals surface area contributed by atoms with Crippen molar-refractivity contribution in [1.29, 1.82) is 0 Å². The average Bonchev–Trinajstić information content (AvgIpc) is 2.11. The number of carbonyl (C=O) groups is 2. The highest BCUT2D eigenvalue weighted by Gasteiger charge is 1.92. The standard InChI is InChI=1S/C7H10O4Si/c1-2-6(8)10-5-3-4-7(9)11-12/h2-4H,1,5H2,12H3. The Hall–Kier alpha value is -1.36. The van der Waals surface area contributed by atoms with Crippen LogP contribution in [0.25, 0.3) is 0 Å². The first-order chi connectivity index (χ1) is 5.70. The summed E-state index contributed by atoms with van der Waals surface area (Å²) in [5.41, 5.74) is 0. The second-order valence-electron chi connectivity index (χ2n) is 1.76. The topological polar surface area (TPSA) is 52.6 Å². The van der Waals surface area contributed by atoms with Gasteiger partial charge < -0.3 is 9.16 Å². The van der Waals surface area contributed by atoms with Gasteiger partial charge in [0.1, 0.15) is 6.61 Å². The molecular weight excluding hydrogens is 176 g/mol. The molecule has 0 saturated heterocycles. The monoisotopic (exact) mass is 186 g/mol. The lowest BCUT2D eigenvalue weighted by molar-refractivity contribution is -0.136. The molecule has 0 aliphatic carbocycles. The molecule has 0 bridgehead atoms. The first-order valence-corrected chi connectivity index (χ1v) is 4.06. The van der Waals surface area contributed by atoms with Gasteiger partial charge in [-0.25, -0.2) is 9.59 Å². The van der Waals surface area contributed by atoms with Gasteiger partial charge in [0.25, 0.3) is 0 Å². The lowest BCUT2D eigenvalue weighted by atomic mass is 10.5. The number of esters is 1. The number of hydrogen-bond donors (Lipinski definition) is 0. The molecule has 0 N–H and O–H groups in total. The van der Waals surface area contributed by atoms with E-state index in [1.165, 1.54) is 12.2 Å². The van der Waals surface area contributed by atoms with Gasteiger partial charge in [-0.1, -0.05) is 6.58 Å². The fourth-order valence-corrected chi connectivity index (χ4v) is 0.538. The third-order valence-corrected chi connectivity index (χ3v) is 1.35. The summed E-state index contributed by atoms with van der Waals surface area (Å²) in [7, 11) is 0.364. The first kappa shape index (κ1) is 10.6. The van der Waals surface area contributed by atoms with Crippen molar-refractivity contribution in [3.8, 4) is 0 Å². The van der Waals surface area contributed by atoms with E-state index in [2.05, 4.69) is 15.7 Å². The lowest BCUT2D eigenvalue weighted by Gasteiger charge is -1.94. The average molecular weight is 186 g/mol. The summed E-state index contributed by atoms with van der Waals surface area (Å²) >= 11 is 0. The number of hydrogen-bond acceptors (Lipinski definition) is 4. The maximum Gasteiger partial charge on any atom is 0.330 e. The summed E-state index contributed by atoms with van der Waals surface area (Å²) < 4.78 is 8.98. The van der Waals surface area contributed by atoms with Crippen LogP contribution in [0.15, 0.2) is 24.8 Å².